The molecule has 0 fully saturated rings. The summed E-state index contributed by atoms with van der Waals surface area (Å²) in [4.78, 5) is 0. The lowest BCUT2D eigenvalue weighted by molar-refractivity contribution is 0.554. The summed E-state index contributed by atoms with van der Waals surface area (Å²) in [5, 5.41) is 8.04. The molecule has 3 heteroatoms. The third-order valence-corrected chi connectivity index (χ3v) is 3.76. The van der Waals surface area contributed by atoms with Gasteiger partial charge < -0.3 is 5.32 Å². The fourth-order valence-electron chi connectivity index (χ4n) is 2.74. The van der Waals surface area contributed by atoms with Gasteiger partial charge in [0.15, 0.2) is 0 Å². The Morgan fingerprint density at radius 2 is 2.17 bits per heavy atom. The van der Waals surface area contributed by atoms with Crippen molar-refractivity contribution >= 4 is 0 Å². The highest BCUT2D eigenvalue weighted by molar-refractivity contribution is 5.44. The van der Waals surface area contributed by atoms with Crippen molar-refractivity contribution in [1.29, 1.82) is 0 Å². The molecule has 1 aliphatic rings. The van der Waals surface area contributed by atoms with Gasteiger partial charge in [-0.1, -0.05) is 24.6 Å². The minimum atomic E-state index is 0.549. The van der Waals surface area contributed by atoms with Gasteiger partial charge in [0.05, 0.1) is 17.6 Å². The maximum Gasteiger partial charge on any atom is 0.0678 e. The van der Waals surface area contributed by atoms with Crippen LogP contribution in [0.15, 0.2) is 24.4 Å². The first-order valence-corrected chi connectivity index (χ1v) is 6.52. The van der Waals surface area contributed by atoms with Crippen LogP contribution in [0, 0.1) is 13.8 Å². The van der Waals surface area contributed by atoms with Gasteiger partial charge in [0.2, 0.25) is 0 Å². The van der Waals surface area contributed by atoms with Crippen LogP contribution in [-0.4, -0.2) is 16.3 Å². The van der Waals surface area contributed by atoms with E-state index in [1.807, 2.05) is 6.20 Å². The number of hydrogen-bond donors (Lipinski definition) is 1. The number of aromatic nitrogens is 2. The van der Waals surface area contributed by atoms with Crippen molar-refractivity contribution in [1.82, 2.24) is 15.1 Å². The van der Waals surface area contributed by atoms with Gasteiger partial charge in [0.1, 0.15) is 0 Å². The Bertz CT molecular complexity index is 583. The number of fused-ring (bicyclic) bond motifs is 1. The van der Waals surface area contributed by atoms with E-state index in [4.69, 9.17) is 0 Å². The topological polar surface area (TPSA) is 29.9 Å². The van der Waals surface area contributed by atoms with Crippen LogP contribution in [0.1, 0.15) is 35.2 Å². The Hall–Kier alpha value is -1.61. The summed E-state index contributed by atoms with van der Waals surface area (Å²) in [6, 6.07) is 6.52. The Morgan fingerprint density at radius 3 is 2.94 bits per heavy atom. The number of nitrogens with one attached hydrogen (secondary N) is 1. The highest BCUT2D eigenvalue weighted by atomic mass is 15.3. The second-order valence-corrected chi connectivity index (χ2v) is 5.28. The third kappa shape index (κ3) is 1.75. The fraction of sp³-hybridized carbons (Fsp3) is 0.400. The molecule has 2 aromatic rings. The molecule has 94 valence electrons. The van der Waals surface area contributed by atoms with Crippen LogP contribution in [0.5, 0.6) is 0 Å². The van der Waals surface area contributed by atoms with Gasteiger partial charge in [-0.2, -0.15) is 5.10 Å². The number of benzene rings is 1. The van der Waals surface area contributed by atoms with Gasteiger partial charge in [-0.15, -0.1) is 0 Å². The monoisotopic (exact) mass is 241 g/mol. The molecule has 1 aromatic carbocycles. The minimum Gasteiger partial charge on any atom is -0.311 e. The van der Waals surface area contributed by atoms with Crippen molar-refractivity contribution < 1.29 is 0 Å². The van der Waals surface area contributed by atoms with Crippen LogP contribution in [0.25, 0.3) is 5.69 Å². The van der Waals surface area contributed by atoms with Crippen LogP contribution >= 0.6 is 0 Å². The van der Waals surface area contributed by atoms with Gasteiger partial charge in [-0.05, 0) is 37.0 Å². The molecule has 1 unspecified atom stereocenters. The standard InChI is InChI=1S/C15H19N3/c1-10-4-5-14(11(2)6-10)18-15-9-16-7-12(3)13(15)8-17-18/h4-6,8,12,16H,7,9H2,1-3H3. The summed E-state index contributed by atoms with van der Waals surface area (Å²) < 4.78 is 2.09. The molecular formula is C15H19N3. The average Bonchev–Trinajstić information content (AvgIpc) is 2.74. The van der Waals surface area contributed by atoms with Gasteiger partial charge in [0.25, 0.3) is 0 Å². The van der Waals surface area contributed by atoms with Gasteiger partial charge in [-0.25, -0.2) is 4.68 Å². The summed E-state index contributed by atoms with van der Waals surface area (Å²) in [7, 11) is 0. The summed E-state index contributed by atoms with van der Waals surface area (Å²) in [6.45, 7) is 8.48. The molecule has 1 N–H and O–H groups in total. The van der Waals surface area contributed by atoms with Crippen LogP contribution in [0.3, 0.4) is 0 Å². The summed E-state index contributed by atoms with van der Waals surface area (Å²) in [5.74, 6) is 0.549. The molecule has 0 saturated heterocycles. The first-order valence-electron chi connectivity index (χ1n) is 6.52. The minimum absolute atomic E-state index is 0.549. The number of rotatable bonds is 1. The van der Waals surface area contributed by atoms with Crippen LogP contribution < -0.4 is 5.32 Å². The van der Waals surface area contributed by atoms with E-state index in [9.17, 15) is 0 Å². The number of hydrogen-bond acceptors (Lipinski definition) is 2. The van der Waals surface area contributed by atoms with Crippen molar-refractivity contribution in [3.05, 3.63) is 46.8 Å². The highest BCUT2D eigenvalue weighted by Crippen LogP contribution is 2.26. The van der Waals surface area contributed by atoms with Crippen molar-refractivity contribution in [2.45, 2.75) is 33.2 Å². The number of nitrogens with zero attached hydrogens (tertiary/aromatic N) is 2. The van der Waals surface area contributed by atoms with Gasteiger partial charge in [-0.3, -0.25) is 0 Å². The maximum absolute atomic E-state index is 4.59. The molecule has 3 nitrogen and oxygen atoms in total. The van der Waals surface area contributed by atoms with Gasteiger partial charge in [0, 0.05) is 13.1 Å². The van der Waals surface area contributed by atoms with Crippen molar-refractivity contribution in [3.63, 3.8) is 0 Å². The SMILES string of the molecule is Cc1ccc(-n2ncc3c2CNCC3C)c(C)c1. The molecule has 0 amide bonds. The first-order chi connectivity index (χ1) is 8.66. The summed E-state index contributed by atoms with van der Waals surface area (Å²) in [6.07, 6.45) is 2.03. The van der Waals surface area contributed by atoms with Crippen LogP contribution in [0.2, 0.25) is 0 Å². The number of aryl methyl sites for hydroxylation is 2. The van der Waals surface area contributed by atoms with E-state index < -0.39 is 0 Å². The zero-order chi connectivity index (χ0) is 12.7. The zero-order valence-corrected chi connectivity index (χ0v) is 11.2. The van der Waals surface area contributed by atoms with E-state index in [2.05, 4.69) is 54.1 Å². The second-order valence-electron chi connectivity index (χ2n) is 5.28. The van der Waals surface area contributed by atoms with E-state index >= 15 is 0 Å². The Labute approximate surface area is 108 Å². The molecule has 2 heterocycles. The van der Waals surface area contributed by atoms with Crippen molar-refractivity contribution in [3.8, 4) is 5.69 Å². The molecule has 3 rings (SSSR count). The molecule has 1 atom stereocenters. The predicted octanol–water partition coefficient (Wildman–Crippen LogP) is 2.70. The Morgan fingerprint density at radius 1 is 1.33 bits per heavy atom. The average molecular weight is 241 g/mol. The molecule has 0 saturated carbocycles. The maximum atomic E-state index is 4.59. The van der Waals surface area contributed by atoms with E-state index in [0.29, 0.717) is 5.92 Å². The molecule has 0 aliphatic carbocycles. The Kier molecular flexibility index (Phi) is 2.71. The van der Waals surface area contributed by atoms with Crippen LogP contribution in [-0.2, 0) is 6.54 Å². The summed E-state index contributed by atoms with van der Waals surface area (Å²) in [5.41, 5.74) is 6.45. The largest absolute Gasteiger partial charge is 0.311 e. The van der Waals surface area contributed by atoms with Gasteiger partial charge >= 0.3 is 0 Å². The van der Waals surface area contributed by atoms with E-state index in [0.717, 1.165) is 13.1 Å². The lowest BCUT2D eigenvalue weighted by atomic mass is 9.98. The molecule has 0 spiro atoms. The molecule has 18 heavy (non-hydrogen) atoms. The third-order valence-electron chi connectivity index (χ3n) is 3.76. The smallest absolute Gasteiger partial charge is 0.0678 e. The summed E-state index contributed by atoms with van der Waals surface area (Å²) >= 11 is 0. The fourth-order valence-corrected chi connectivity index (χ4v) is 2.74. The quantitative estimate of drug-likeness (QED) is 0.832. The molecule has 0 radical (unpaired) electrons. The van der Waals surface area contributed by atoms with E-state index in [-0.39, 0.29) is 0 Å². The lowest BCUT2D eigenvalue weighted by Gasteiger charge is -2.21. The van der Waals surface area contributed by atoms with Crippen LogP contribution in [0.4, 0.5) is 0 Å². The normalized spacial score (nSPS) is 18.7. The molecule has 1 aliphatic heterocycles. The lowest BCUT2D eigenvalue weighted by Crippen LogP contribution is -2.27. The zero-order valence-electron chi connectivity index (χ0n) is 11.2. The van der Waals surface area contributed by atoms with E-state index in [1.54, 1.807) is 0 Å². The Balaban J connectivity index is 2.12. The predicted molar refractivity (Wildman–Crippen MR) is 73.2 cm³/mol. The molecule has 0 bridgehead atoms. The van der Waals surface area contributed by atoms with E-state index in [1.165, 1.54) is 28.1 Å². The van der Waals surface area contributed by atoms with Crippen molar-refractivity contribution in [2.75, 3.05) is 6.54 Å². The molecule has 1 aromatic heterocycles. The highest BCUT2D eigenvalue weighted by Gasteiger charge is 2.21. The first kappa shape index (κ1) is 11.5. The molecular weight excluding hydrogens is 222 g/mol. The van der Waals surface area contributed by atoms with Crippen molar-refractivity contribution in [2.24, 2.45) is 0 Å². The second kappa shape index (κ2) is 4.25.